The summed E-state index contributed by atoms with van der Waals surface area (Å²) in [5.74, 6) is 0.324. The van der Waals surface area contributed by atoms with Gasteiger partial charge in [-0.2, -0.15) is 0 Å². The van der Waals surface area contributed by atoms with Crippen LogP contribution in [0.15, 0.2) is 18.2 Å². The number of hydrogen-bond donors (Lipinski definition) is 2. The van der Waals surface area contributed by atoms with Crippen molar-refractivity contribution >= 4 is 11.7 Å². The Hall–Kier alpha value is -1.66. The first-order chi connectivity index (χ1) is 8.22. The number of nitrogens with two attached hydrogens (primary N) is 2. The molecule has 0 radical (unpaired) electrons. The summed E-state index contributed by atoms with van der Waals surface area (Å²) in [6.07, 6.45) is 0. The molecular formula is C11H16N4O2. The molecule has 0 aliphatic carbocycles. The van der Waals surface area contributed by atoms with E-state index in [1.165, 1.54) is 0 Å². The highest BCUT2D eigenvalue weighted by atomic mass is 16.5. The summed E-state index contributed by atoms with van der Waals surface area (Å²) in [6.45, 7) is 1.86. The average Bonchev–Trinajstić information content (AvgIpc) is 2.39. The van der Waals surface area contributed by atoms with Crippen molar-refractivity contribution in [3.63, 3.8) is 0 Å². The van der Waals surface area contributed by atoms with Crippen molar-refractivity contribution in [2.24, 2.45) is 11.5 Å². The highest BCUT2D eigenvalue weighted by Crippen LogP contribution is 2.17. The number of pyridine rings is 1. The van der Waals surface area contributed by atoms with Crippen molar-refractivity contribution in [1.82, 2.24) is 4.98 Å². The minimum Gasteiger partial charge on any atom is -0.377 e. The fourth-order valence-electron chi connectivity index (χ4n) is 1.85. The molecule has 92 valence electrons. The van der Waals surface area contributed by atoms with Gasteiger partial charge in [-0.05, 0) is 12.1 Å². The molecule has 1 aliphatic heterocycles. The molecule has 6 nitrogen and oxygen atoms in total. The SMILES string of the molecule is NCc1cccc(N2CCOCC2C(N)=O)n1. The lowest BCUT2D eigenvalue weighted by Crippen LogP contribution is -2.53. The molecular weight excluding hydrogens is 220 g/mol. The van der Waals surface area contributed by atoms with Crippen LogP contribution in [0.5, 0.6) is 0 Å². The Morgan fingerprint density at radius 3 is 3.12 bits per heavy atom. The molecule has 1 unspecified atom stereocenters. The standard InChI is InChI=1S/C11H16N4O2/c12-6-8-2-1-3-10(14-8)15-4-5-17-7-9(15)11(13)16/h1-3,9H,4-7,12H2,(H2,13,16). The van der Waals surface area contributed by atoms with Crippen molar-refractivity contribution in [2.75, 3.05) is 24.7 Å². The molecule has 0 bridgehead atoms. The van der Waals surface area contributed by atoms with E-state index in [1.807, 2.05) is 23.1 Å². The van der Waals surface area contributed by atoms with Gasteiger partial charge in [-0.1, -0.05) is 6.07 Å². The van der Waals surface area contributed by atoms with Gasteiger partial charge >= 0.3 is 0 Å². The summed E-state index contributed by atoms with van der Waals surface area (Å²) in [5, 5.41) is 0. The van der Waals surface area contributed by atoms with Gasteiger partial charge in [0.05, 0.1) is 18.9 Å². The lowest BCUT2D eigenvalue weighted by Gasteiger charge is -2.34. The smallest absolute Gasteiger partial charge is 0.242 e. The highest BCUT2D eigenvalue weighted by molar-refractivity contribution is 5.83. The van der Waals surface area contributed by atoms with Crippen LogP contribution in [-0.2, 0) is 16.1 Å². The van der Waals surface area contributed by atoms with E-state index < -0.39 is 11.9 Å². The van der Waals surface area contributed by atoms with E-state index in [-0.39, 0.29) is 0 Å². The van der Waals surface area contributed by atoms with E-state index >= 15 is 0 Å². The van der Waals surface area contributed by atoms with Crippen LogP contribution in [0.2, 0.25) is 0 Å². The lowest BCUT2D eigenvalue weighted by atomic mass is 10.2. The van der Waals surface area contributed by atoms with Crippen LogP contribution >= 0.6 is 0 Å². The zero-order valence-electron chi connectivity index (χ0n) is 9.50. The van der Waals surface area contributed by atoms with Crippen molar-refractivity contribution < 1.29 is 9.53 Å². The quantitative estimate of drug-likeness (QED) is 0.718. The van der Waals surface area contributed by atoms with Crippen LogP contribution in [0.4, 0.5) is 5.82 Å². The molecule has 2 rings (SSSR count). The summed E-state index contributed by atoms with van der Waals surface area (Å²) >= 11 is 0. The van der Waals surface area contributed by atoms with Crippen LogP contribution in [0, 0.1) is 0 Å². The predicted molar refractivity (Wildman–Crippen MR) is 63.3 cm³/mol. The number of anilines is 1. The van der Waals surface area contributed by atoms with Crippen LogP contribution < -0.4 is 16.4 Å². The van der Waals surface area contributed by atoms with Crippen molar-refractivity contribution in [2.45, 2.75) is 12.6 Å². The van der Waals surface area contributed by atoms with Crippen molar-refractivity contribution in [3.05, 3.63) is 23.9 Å². The Bertz CT molecular complexity index is 410. The minimum absolute atomic E-state index is 0.309. The lowest BCUT2D eigenvalue weighted by molar-refractivity contribution is -0.121. The number of morpholine rings is 1. The normalized spacial score (nSPS) is 20.3. The first-order valence-electron chi connectivity index (χ1n) is 5.52. The maximum Gasteiger partial charge on any atom is 0.242 e. The average molecular weight is 236 g/mol. The third-order valence-electron chi connectivity index (χ3n) is 2.75. The first kappa shape index (κ1) is 11.8. The Balaban J connectivity index is 2.26. The second-order valence-corrected chi connectivity index (χ2v) is 3.88. The summed E-state index contributed by atoms with van der Waals surface area (Å²) in [6, 6.07) is 5.12. The maximum absolute atomic E-state index is 11.3. The third-order valence-corrected chi connectivity index (χ3v) is 2.75. The third kappa shape index (κ3) is 2.54. The Labute approximate surface area is 99.5 Å². The van der Waals surface area contributed by atoms with Gasteiger partial charge in [0, 0.05) is 13.1 Å². The Morgan fingerprint density at radius 2 is 2.41 bits per heavy atom. The molecule has 1 saturated heterocycles. The molecule has 1 fully saturated rings. The van der Waals surface area contributed by atoms with Gasteiger partial charge in [0.15, 0.2) is 0 Å². The molecule has 0 aromatic carbocycles. The second-order valence-electron chi connectivity index (χ2n) is 3.88. The number of primary amides is 1. The summed E-state index contributed by atoms with van der Waals surface area (Å²) in [5.41, 5.74) is 11.7. The highest BCUT2D eigenvalue weighted by Gasteiger charge is 2.28. The molecule has 1 aromatic rings. The minimum atomic E-state index is -0.454. The van der Waals surface area contributed by atoms with Gasteiger partial charge in [0.1, 0.15) is 11.9 Å². The fourth-order valence-corrected chi connectivity index (χ4v) is 1.85. The molecule has 17 heavy (non-hydrogen) atoms. The van der Waals surface area contributed by atoms with Crippen molar-refractivity contribution in [1.29, 1.82) is 0 Å². The monoisotopic (exact) mass is 236 g/mol. The molecule has 0 spiro atoms. The van der Waals surface area contributed by atoms with Crippen LogP contribution in [0.25, 0.3) is 0 Å². The van der Waals surface area contributed by atoms with Crippen LogP contribution in [-0.4, -0.2) is 36.7 Å². The van der Waals surface area contributed by atoms with Gasteiger partial charge in [-0.25, -0.2) is 4.98 Å². The molecule has 1 aliphatic rings. The number of hydrogen-bond acceptors (Lipinski definition) is 5. The van der Waals surface area contributed by atoms with E-state index in [9.17, 15) is 4.79 Å². The van der Waals surface area contributed by atoms with Crippen LogP contribution in [0.3, 0.4) is 0 Å². The van der Waals surface area contributed by atoms with Crippen LogP contribution in [0.1, 0.15) is 5.69 Å². The zero-order chi connectivity index (χ0) is 12.3. The number of nitrogens with zero attached hydrogens (tertiary/aromatic N) is 2. The molecule has 2 heterocycles. The molecule has 1 amide bonds. The fraction of sp³-hybridized carbons (Fsp3) is 0.455. The largest absolute Gasteiger partial charge is 0.377 e. The van der Waals surface area contributed by atoms with Crippen molar-refractivity contribution in [3.8, 4) is 0 Å². The number of carbonyl (C=O) groups excluding carboxylic acids is 1. The molecule has 1 aromatic heterocycles. The van der Waals surface area contributed by atoms with Gasteiger partial charge < -0.3 is 21.1 Å². The van der Waals surface area contributed by atoms with Gasteiger partial charge in [-0.15, -0.1) is 0 Å². The van der Waals surface area contributed by atoms with Gasteiger partial charge in [0.25, 0.3) is 0 Å². The number of aromatic nitrogens is 1. The Kier molecular flexibility index (Phi) is 3.55. The van der Waals surface area contributed by atoms with Gasteiger partial charge in [-0.3, -0.25) is 4.79 Å². The molecule has 1 atom stereocenters. The van der Waals surface area contributed by atoms with E-state index in [1.54, 1.807) is 0 Å². The Morgan fingerprint density at radius 1 is 1.59 bits per heavy atom. The molecule has 6 heteroatoms. The molecule has 4 N–H and O–H groups in total. The number of rotatable bonds is 3. The number of carbonyl (C=O) groups is 1. The van der Waals surface area contributed by atoms with E-state index in [2.05, 4.69) is 4.98 Å². The topological polar surface area (TPSA) is 94.5 Å². The number of amides is 1. The molecule has 0 saturated carbocycles. The predicted octanol–water partition coefficient (Wildman–Crippen LogP) is -0.769. The number of ether oxygens (including phenoxy) is 1. The van der Waals surface area contributed by atoms with E-state index in [4.69, 9.17) is 16.2 Å². The zero-order valence-corrected chi connectivity index (χ0v) is 9.50. The van der Waals surface area contributed by atoms with Gasteiger partial charge in [0.2, 0.25) is 5.91 Å². The van der Waals surface area contributed by atoms with E-state index in [0.717, 1.165) is 11.5 Å². The maximum atomic E-state index is 11.3. The summed E-state index contributed by atoms with van der Waals surface area (Å²) in [7, 11) is 0. The summed E-state index contributed by atoms with van der Waals surface area (Å²) < 4.78 is 5.26. The first-order valence-corrected chi connectivity index (χ1v) is 5.52. The van der Waals surface area contributed by atoms with E-state index in [0.29, 0.717) is 26.3 Å². The second kappa shape index (κ2) is 5.11. The summed E-state index contributed by atoms with van der Waals surface area (Å²) in [4.78, 5) is 17.6.